The average molecular weight is 390 g/mol. The van der Waals surface area contributed by atoms with Crippen LogP contribution in [0.2, 0.25) is 0 Å². The molecule has 0 fully saturated rings. The first kappa shape index (κ1) is 18.5. The van der Waals surface area contributed by atoms with Gasteiger partial charge in [-0.25, -0.2) is 4.79 Å². The molecule has 0 saturated carbocycles. The molecule has 3 aromatic rings. The predicted molar refractivity (Wildman–Crippen MR) is 107 cm³/mol. The van der Waals surface area contributed by atoms with Gasteiger partial charge in [0.1, 0.15) is 5.71 Å². The van der Waals surface area contributed by atoms with Gasteiger partial charge < -0.3 is 19.0 Å². The summed E-state index contributed by atoms with van der Waals surface area (Å²) in [6, 6.07) is 14.5. The zero-order valence-electron chi connectivity index (χ0n) is 16.1. The Balaban J connectivity index is 1.69. The Morgan fingerprint density at radius 3 is 2.17 bits per heavy atom. The summed E-state index contributed by atoms with van der Waals surface area (Å²) in [6.07, 6.45) is 1.72. The molecule has 0 N–H and O–H groups in total. The number of benzene rings is 2. The molecule has 1 aromatic heterocycles. The van der Waals surface area contributed by atoms with Crippen LogP contribution in [-0.4, -0.2) is 38.0 Å². The Hall–Kier alpha value is -3.87. The van der Waals surface area contributed by atoms with Crippen molar-refractivity contribution in [1.82, 2.24) is 4.98 Å². The van der Waals surface area contributed by atoms with Crippen molar-refractivity contribution in [2.24, 2.45) is 5.16 Å². The lowest BCUT2D eigenvalue weighted by molar-refractivity contribution is 0.0516. The van der Waals surface area contributed by atoms with Crippen molar-refractivity contribution >= 4 is 11.7 Å². The van der Waals surface area contributed by atoms with E-state index >= 15 is 0 Å². The van der Waals surface area contributed by atoms with Gasteiger partial charge in [-0.2, -0.15) is 0 Å². The standard InChI is InChI=1S/C22H18N2O5/c1-26-17-11-13(12-18(27-2)21(17)28-3)22(25)29-24-20-15-8-5-4-7-14(15)19-16(20)9-6-10-23-19/h4-12H,1-3H3. The van der Waals surface area contributed by atoms with Crippen LogP contribution in [0.4, 0.5) is 0 Å². The Kier molecular flexibility index (Phi) is 4.87. The van der Waals surface area contributed by atoms with E-state index in [0.29, 0.717) is 23.0 Å². The van der Waals surface area contributed by atoms with E-state index in [1.165, 1.54) is 33.5 Å². The summed E-state index contributed by atoms with van der Waals surface area (Å²) >= 11 is 0. The number of ether oxygens (including phenoxy) is 3. The van der Waals surface area contributed by atoms with Gasteiger partial charge in [-0.1, -0.05) is 29.4 Å². The zero-order valence-corrected chi connectivity index (χ0v) is 16.1. The second-order valence-corrected chi connectivity index (χ2v) is 6.18. The van der Waals surface area contributed by atoms with Crippen molar-refractivity contribution in [1.29, 1.82) is 0 Å². The quantitative estimate of drug-likeness (QED) is 0.382. The monoisotopic (exact) mass is 390 g/mol. The van der Waals surface area contributed by atoms with Crippen LogP contribution in [0.15, 0.2) is 59.9 Å². The van der Waals surface area contributed by atoms with E-state index < -0.39 is 5.97 Å². The molecule has 2 aromatic carbocycles. The molecule has 29 heavy (non-hydrogen) atoms. The summed E-state index contributed by atoms with van der Waals surface area (Å²) in [7, 11) is 4.45. The van der Waals surface area contributed by atoms with Crippen molar-refractivity contribution in [3.63, 3.8) is 0 Å². The minimum atomic E-state index is -0.647. The fraction of sp³-hybridized carbons (Fsp3) is 0.136. The van der Waals surface area contributed by atoms with E-state index in [1.807, 2.05) is 36.4 Å². The molecular weight excluding hydrogens is 372 g/mol. The van der Waals surface area contributed by atoms with E-state index in [4.69, 9.17) is 19.0 Å². The third-order valence-corrected chi connectivity index (χ3v) is 4.62. The molecule has 0 atom stereocenters. The lowest BCUT2D eigenvalue weighted by Gasteiger charge is -2.13. The van der Waals surface area contributed by atoms with Gasteiger partial charge >= 0.3 is 5.97 Å². The van der Waals surface area contributed by atoms with E-state index in [1.54, 1.807) is 6.20 Å². The molecule has 0 unspecified atom stereocenters. The molecule has 0 radical (unpaired) electrons. The number of aromatic nitrogens is 1. The molecule has 0 aliphatic heterocycles. The average Bonchev–Trinajstić information content (AvgIpc) is 3.10. The van der Waals surface area contributed by atoms with Crippen molar-refractivity contribution in [2.45, 2.75) is 0 Å². The van der Waals surface area contributed by atoms with Crippen LogP contribution in [0, 0.1) is 0 Å². The molecule has 146 valence electrons. The first-order valence-corrected chi connectivity index (χ1v) is 8.82. The SMILES string of the molecule is COc1cc(C(=O)ON=C2c3ccccc3-c3ncccc32)cc(OC)c1OC. The maximum absolute atomic E-state index is 12.7. The number of hydrogen-bond donors (Lipinski definition) is 0. The van der Waals surface area contributed by atoms with Gasteiger partial charge in [-0.3, -0.25) is 4.98 Å². The van der Waals surface area contributed by atoms with Crippen LogP contribution >= 0.6 is 0 Å². The van der Waals surface area contributed by atoms with Crippen LogP contribution in [0.25, 0.3) is 11.3 Å². The van der Waals surface area contributed by atoms with E-state index in [9.17, 15) is 4.79 Å². The molecule has 0 bridgehead atoms. The summed E-state index contributed by atoms with van der Waals surface area (Å²) in [4.78, 5) is 22.4. The van der Waals surface area contributed by atoms with Gasteiger partial charge in [0.15, 0.2) is 11.5 Å². The lowest BCUT2D eigenvalue weighted by atomic mass is 10.1. The molecule has 1 aliphatic rings. The Bertz CT molecular complexity index is 1050. The number of hydrogen-bond acceptors (Lipinski definition) is 7. The molecular formula is C22H18N2O5. The van der Waals surface area contributed by atoms with Crippen molar-refractivity contribution in [3.8, 4) is 28.5 Å². The van der Waals surface area contributed by atoms with Gasteiger partial charge in [-0.15, -0.1) is 0 Å². The van der Waals surface area contributed by atoms with Crippen LogP contribution in [0.3, 0.4) is 0 Å². The topological polar surface area (TPSA) is 79.2 Å². The Morgan fingerprint density at radius 1 is 0.862 bits per heavy atom. The van der Waals surface area contributed by atoms with E-state index in [0.717, 1.165) is 22.4 Å². The predicted octanol–water partition coefficient (Wildman–Crippen LogP) is 3.70. The second-order valence-electron chi connectivity index (χ2n) is 6.18. The molecule has 0 spiro atoms. The summed E-state index contributed by atoms with van der Waals surface area (Å²) in [6.45, 7) is 0. The summed E-state index contributed by atoms with van der Waals surface area (Å²) in [5, 5.41) is 4.15. The molecule has 7 heteroatoms. The number of oxime groups is 1. The summed E-state index contributed by atoms with van der Waals surface area (Å²) in [5.74, 6) is 0.452. The van der Waals surface area contributed by atoms with Crippen LogP contribution in [-0.2, 0) is 4.84 Å². The highest BCUT2D eigenvalue weighted by Crippen LogP contribution is 2.39. The smallest absolute Gasteiger partial charge is 0.366 e. The van der Waals surface area contributed by atoms with Gasteiger partial charge in [0.05, 0.1) is 32.6 Å². The maximum Gasteiger partial charge on any atom is 0.366 e. The Morgan fingerprint density at radius 2 is 1.52 bits per heavy atom. The van der Waals surface area contributed by atoms with Gasteiger partial charge in [0.25, 0.3) is 0 Å². The molecule has 7 nitrogen and oxygen atoms in total. The number of nitrogens with zero attached hydrogens (tertiary/aromatic N) is 2. The fourth-order valence-electron chi connectivity index (χ4n) is 3.29. The first-order valence-electron chi connectivity index (χ1n) is 8.82. The summed E-state index contributed by atoms with van der Waals surface area (Å²) < 4.78 is 15.8. The number of methoxy groups -OCH3 is 3. The molecule has 0 saturated heterocycles. The maximum atomic E-state index is 12.7. The Labute approximate surface area is 167 Å². The van der Waals surface area contributed by atoms with Crippen LogP contribution < -0.4 is 14.2 Å². The van der Waals surface area contributed by atoms with Gasteiger partial charge in [-0.05, 0) is 24.3 Å². The third kappa shape index (κ3) is 3.16. The van der Waals surface area contributed by atoms with Crippen LogP contribution in [0.1, 0.15) is 21.5 Å². The largest absolute Gasteiger partial charge is 0.493 e. The number of pyridine rings is 1. The third-order valence-electron chi connectivity index (χ3n) is 4.62. The first-order chi connectivity index (χ1) is 14.2. The number of carbonyl (C=O) groups is 1. The lowest BCUT2D eigenvalue weighted by Crippen LogP contribution is -2.07. The molecule has 0 amide bonds. The fourth-order valence-corrected chi connectivity index (χ4v) is 3.29. The normalized spacial score (nSPS) is 12.9. The molecule has 1 aliphatic carbocycles. The minimum Gasteiger partial charge on any atom is -0.493 e. The van der Waals surface area contributed by atoms with Crippen LogP contribution in [0.5, 0.6) is 17.2 Å². The second kappa shape index (κ2) is 7.63. The summed E-state index contributed by atoms with van der Waals surface area (Å²) in [5.41, 5.74) is 4.22. The number of carbonyl (C=O) groups excluding carboxylic acids is 1. The highest BCUT2D eigenvalue weighted by molar-refractivity contribution is 6.23. The highest BCUT2D eigenvalue weighted by atomic mass is 16.7. The van der Waals surface area contributed by atoms with Gasteiger partial charge in [0.2, 0.25) is 5.75 Å². The van der Waals surface area contributed by atoms with E-state index in [2.05, 4.69) is 10.1 Å². The van der Waals surface area contributed by atoms with E-state index in [-0.39, 0.29) is 5.56 Å². The molecule has 1 heterocycles. The van der Waals surface area contributed by atoms with Crippen molar-refractivity contribution in [2.75, 3.05) is 21.3 Å². The molecule has 4 rings (SSSR count). The number of rotatable bonds is 5. The number of fused-ring (bicyclic) bond motifs is 3. The minimum absolute atomic E-state index is 0.224. The van der Waals surface area contributed by atoms with Crippen molar-refractivity contribution in [3.05, 3.63) is 71.4 Å². The van der Waals surface area contributed by atoms with Gasteiger partial charge in [0, 0.05) is 22.9 Å². The van der Waals surface area contributed by atoms with Crippen molar-refractivity contribution < 1.29 is 23.8 Å². The zero-order chi connectivity index (χ0) is 20.4. The highest BCUT2D eigenvalue weighted by Gasteiger charge is 2.26.